The summed E-state index contributed by atoms with van der Waals surface area (Å²) in [4.78, 5) is 12.6. The summed E-state index contributed by atoms with van der Waals surface area (Å²) in [5.74, 6) is 0.414. The van der Waals surface area contributed by atoms with E-state index in [9.17, 15) is 8.96 Å². The van der Waals surface area contributed by atoms with Crippen molar-refractivity contribution >= 4 is 50.9 Å². The molecular weight excluding hydrogens is 408 g/mol. The predicted octanol–water partition coefficient (Wildman–Crippen LogP) is 3.81. The van der Waals surface area contributed by atoms with Gasteiger partial charge in [-0.3, -0.25) is 0 Å². The quantitative estimate of drug-likeness (QED) is 0.420. The number of hydrogen-bond acceptors (Lipinski definition) is 6. The van der Waals surface area contributed by atoms with E-state index < -0.39 is 12.8 Å². The Hall–Kier alpha value is -2.28. The number of benzene rings is 1. The van der Waals surface area contributed by atoms with Gasteiger partial charge in [0.1, 0.15) is 7.14 Å². The molecule has 0 saturated carbocycles. The average Bonchev–Trinajstić information content (AvgIpc) is 3.29. The molecule has 0 amide bonds. The Morgan fingerprint density at radius 3 is 2.83 bits per heavy atom. The Morgan fingerprint density at radius 1 is 1.28 bits per heavy atom. The Bertz CT molecular complexity index is 1270. The van der Waals surface area contributed by atoms with E-state index in [1.807, 2.05) is 35.8 Å². The maximum atomic E-state index is 14.4. The van der Waals surface area contributed by atoms with Crippen LogP contribution in [-0.4, -0.2) is 53.6 Å². The van der Waals surface area contributed by atoms with Crippen LogP contribution in [0.15, 0.2) is 35.8 Å². The second kappa shape index (κ2) is 6.62. The van der Waals surface area contributed by atoms with Crippen molar-refractivity contribution in [3.05, 3.63) is 35.8 Å². The largest absolute Gasteiger partial charge is 0.360 e. The molecule has 150 valence electrons. The van der Waals surface area contributed by atoms with Gasteiger partial charge < -0.3 is 20.2 Å². The minimum atomic E-state index is -2.44. The monoisotopic (exact) mass is 429 g/mol. The minimum Gasteiger partial charge on any atom is -0.360 e. The Morgan fingerprint density at radius 2 is 2.10 bits per heavy atom. The first-order chi connectivity index (χ1) is 13.8. The lowest BCUT2D eigenvalue weighted by Crippen LogP contribution is -2.59. The summed E-state index contributed by atoms with van der Waals surface area (Å²) in [5, 5.41) is 9.79. The number of nitrogens with one attached hydrogen (secondary N) is 3. The van der Waals surface area contributed by atoms with Gasteiger partial charge in [-0.1, -0.05) is 12.1 Å². The second-order valence-corrected chi connectivity index (χ2v) is 12.0. The number of thiophene rings is 1. The van der Waals surface area contributed by atoms with Crippen LogP contribution in [-0.2, 0) is 4.57 Å². The molecule has 9 heteroatoms. The molecule has 0 unspecified atom stereocenters. The molecule has 0 radical (unpaired) electrons. The molecule has 3 aromatic heterocycles. The molecule has 0 spiro atoms. The number of fused-ring (bicyclic) bond motifs is 2. The van der Waals surface area contributed by atoms with Gasteiger partial charge in [-0.15, -0.1) is 11.3 Å². The standard InChI is InChI=1S/C20H21FN5OPS/c1-28(2,27)15-5-3-4-12-13(8-23-16(12)15)17-18-14(6-7-29-18)25-19(26-17)24-11-20(21)9-22-10-20/h3-8,22-23H,9-11H2,1-2H3,(H,24,25,26). The highest BCUT2D eigenvalue weighted by atomic mass is 32.1. The molecule has 1 aromatic carbocycles. The fourth-order valence-corrected chi connectivity index (χ4v) is 5.67. The van der Waals surface area contributed by atoms with Crippen molar-refractivity contribution in [1.82, 2.24) is 20.3 Å². The van der Waals surface area contributed by atoms with E-state index in [1.54, 1.807) is 24.7 Å². The Labute approximate surface area is 171 Å². The zero-order valence-electron chi connectivity index (χ0n) is 16.1. The van der Waals surface area contributed by atoms with E-state index in [0.29, 0.717) is 19.0 Å². The van der Waals surface area contributed by atoms with Gasteiger partial charge in [-0.2, -0.15) is 0 Å². The molecule has 4 aromatic rings. The van der Waals surface area contributed by atoms with E-state index >= 15 is 0 Å². The molecule has 1 aliphatic heterocycles. The highest BCUT2D eigenvalue weighted by Crippen LogP contribution is 2.40. The average molecular weight is 429 g/mol. The summed E-state index contributed by atoms with van der Waals surface area (Å²) in [6, 6.07) is 7.78. The summed E-state index contributed by atoms with van der Waals surface area (Å²) >= 11 is 1.57. The lowest BCUT2D eigenvalue weighted by molar-refractivity contribution is 0.105. The summed E-state index contributed by atoms with van der Waals surface area (Å²) in [7, 11) is -2.44. The SMILES string of the molecule is CP(C)(=O)c1cccc2c(-c3nc(NCC4(F)CNC4)nc4ccsc34)c[nH]c12. The predicted molar refractivity (Wildman–Crippen MR) is 119 cm³/mol. The first-order valence-electron chi connectivity index (χ1n) is 9.39. The van der Waals surface area contributed by atoms with Crippen LogP contribution >= 0.6 is 18.5 Å². The maximum absolute atomic E-state index is 14.4. The molecule has 3 N–H and O–H groups in total. The van der Waals surface area contributed by atoms with E-state index in [1.165, 1.54) is 0 Å². The number of hydrogen-bond donors (Lipinski definition) is 3. The number of anilines is 1. The zero-order chi connectivity index (χ0) is 20.2. The topological polar surface area (TPSA) is 82.7 Å². The van der Waals surface area contributed by atoms with E-state index in [4.69, 9.17) is 4.98 Å². The molecule has 5 rings (SSSR count). The van der Waals surface area contributed by atoms with Crippen LogP contribution in [0.3, 0.4) is 0 Å². The lowest BCUT2D eigenvalue weighted by Gasteiger charge is -2.34. The van der Waals surface area contributed by atoms with Crippen molar-refractivity contribution in [2.24, 2.45) is 0 Å². The molecule has 1 aliphatic rings. The van der Waals surface area contributed by atoms with Gasteiger partial charge in [0.15, 0.2) is 5.67 Å². The molecular formula is C20H21FN5OPS. The van der Waals surface area contributed by atoms with Gasteiger partial charge in [0.05, 0.1) is 28.0 Å². The third-order valence-electron chi connectivity index (χ3n) is 5.28. The first-order valence-corrected chi connectivity index (χ1v) is 12.9. The number of alkyl halides is 1. The van der Waals surface area contributed by atoms with Crippen molar-refractivity contribution in [2.75, 3.05) is 38.3 Å². The molecule has 1 fully saturated rings. The smallest absolute Gasteiger partial charge is 0.223 e. The second-order valence-electron chi connectivity index (χ2n) is 7.89. The molecule has 0 aliphatic carbocycles. The Kier molecular flexibility index (Phi) is 4.28. The normalized spacial score (nSPS) is 16.2. The first kappa shape index (κ1) is 18.7. The maximum Gasteiger partial charge on any atom is 0.223 e. The van der Waals surface area contributed by atoms with Crippen molar-refractivity contribution < 1.29 is 8.96 Å². The highest BCUT2D eigenvalue weighted by Gasteiger charge is 2.36. The zero-order valence-corrected chi connectivity index (χ0v) is 17.8. The van der Waals surface area contributed by atoms with Gasteiger partial charge in [0, 0.05) is 35.5 Å². The molecule has 0 atom stereocenters. The van der Waals surface area contributed by atoms with Crippen molar-refractivity contribution in [3.63, 3.8) is 0 Å². The van der Waals surface area contributed by atoms with Crippen molar-refractivity contribution in [3.8, 4) is 11.3 Å². The van der Waals surface area contributed by atoms with Gasteiger partial charge in [-0.25, -0.2) is 14.4 Å². The minimum absolute atomic E-state index is 0.169. The van der Waals surface area contributed by atoms with E-state index in [2.05, 4.69) is 20.6 Å². The van der Waals surface area contributed by atoms with E-state index in [-0.39, 0.29) is 6.54 Å². The molecule has 6 nitrogen and oxygen atoms in total. The molecule has 4 heterocycles. The third-order valence-corrected chi connectivity index (χ3v) is 7.72. The van der Waals surface area contributed by atoms with Gasteiger partial charge in [0.2, 0.25) is 5.95 Å². The van der Waals surface area contributed by atoms with Gasteiger partial charge >= 0.3 is 0 Å². The number of para-hydroxylation sites is 1. The van der Waals surface area contributed by atoms with Crippen LogP contribution < -0.4 is 15.9 Å². The number of nitrogens with zero attached hydrogens (tertiary/aromatic N) is 2. The fourth-order valence-electron chi connectivity index (χ4n) is 3.67. The van der Waals surface area contributed by atoms with Gasteiger partial charge in [-0.05, 0) is 30.8 Å². The fraction of sp³-hybridized carbons (Fsp3) is 0.300. The van der Waals surface area contributed by atoms with Crippen LogP contribution in [0.4, 0.5) is 10.3 Å². The van der Waals surface area contributed by atoms with Crippen LogP contribution in [0, 0.1) is 0 Å². The number of H-pyrrole nitrogens is 1. The molecule has 29 heavy (non-hydrogen) atoms. The number of halogens is 1. The van der Waals surface area contributed by atoms with E-state index in [0.717, 1.165) is 37.7 Å². The summed E-state index contributed by atoms with van der Waals surface area (Å²) in [6.45, 7) is 4.39. The van der Waals surface area contributed by atoms with Crippen molar-refractivity contribution in [1.29, 1.82) is 0 Å². The number of aromatic nitrogens is 3. The highest BCUT2D eigenvalue weighted by molar-refractivity contribution is 7.70. The molecule has 1 saturated heterocycles. The van der Waals surface area contributed by atoms with Crippen LogP contribution in [0.1, 0.15) is 0 Å². The van der Waals surface area contributed by atoms with Crippen LogP contribution in [0.2, 0.25) is 0 Å². The summed E-state index contributed by atoms with van der Waals surface area (Å²) in [5.41, 5.74) is 2.15. The van der Waals surface area contributed by atoms with Crippen molar-refractivity contribution in [2.45, 2.75) is 5.67 Å². The van der Waals surface area contributed by atoms with Crippen LogP contribution in [0.25, 0.3) is 32.4 Å². The number of aromatic amines is 1. The van der Waals surface area contributed by atoms with Gasteiger partial charge in [0.25, 0.3) is 0 Å². The Balaban J connectivity index is 1.63. The summed E-state index contributed by atoms with van der Waals surface area (Å²) in [6.07, 6.45) is 1.90. The molecule has 0 bridgehead atoms. The lowest BCUT2D eigenvalue weighted by atomic mass is 10.00. The van der Waals surface area contributed by atoms with Crippen LogP contribution in [0.5, 0.6) is 0 Å². The third kappa shape index (κ3) is 3.25. The summed E-state index contributed by atoms with van der Waals surface area (Å²) < 4.78 is 28.1. The number of rotatable bonds is 5.